The predicted octanol–water partition coefficient (Wildman–Crippen LogP) is 4.20. The first-order valence-electron chi connectivity index (χ1n) is 8.93. The van der Waals surface area contributed by atoms with E-state index >= 15 is 0 Å². The largest absolute Gasteiger partial charge is 0.361 e. The van der Waals surface area contributed by atoms with Crippen LogP contribution in [0.25, 0.3) is 22.0 Å². The number of aromatic nitrogens is 3. The third kappa shape index (κ3) is 2.59. The monoisotopic (exact) mass is 340 g/mol. The van der Waals surface area contributed by atoms with E-state index < -0.39 is 0 Å². The van der Waals surface area contributed by atoms with Crippen LogP contribution in [-0.4, -0.2) is 33.7 Å². The maximum atomic E-state index is 4.01. The fourth-order valence-corrected chi connectivity index (χ4v) is 4.06. The van der Waals surface area contributed by atoms with Gasteiger partial charge >= 0.3 is 0 Å². The van der Waals surface area contributed by atoms with Gasteiger partial charge in [0.1, 0.15) is 0 Å². The lowest BCUT2D eigenvalue weighted by atomic mass is 9.83. The number of aromatic amines is 1. The molecule has 1 aliphatic heterocycles. The number of nitrogens with one attached hydrogen (secondary N) is 1. The predicted molar refractivity (Wildman–Crippen MR) is 104 cm³/mol. The minimum Gasteiger partial charge on any atom is -0.361 e. The van der Waals surface area contributed by atoms with Crippen LogP contribution >= 0.6 is 0 Å². The van der Waals surface area contributed by atoms with E-state index in [0.29, 0.717) is 5.92 Å². The molecule has 1 atom stereocenters. The van der Waals surface area contributed by atoms with E-state index in [-0.39, 0.29) is 0 Å². The van der Waals surface area contributed by atoms with Gasteiger partial charge in [-0.2, -0.15) is 10.2 Å². The lowest BCUT2D eigenvalue weighted by Gasteiger charge is -2.33. The Morgan fingerprint density at radius 1 is 1.00 bits per heavy atom. The van der Waals surface area contributed by atoms with Crippen molar-refractivity contribution in [3.63, 3.8) is 0 Å². The molecule has 5 rings (SSSR count). The van der Waals surface area contributed by atoms with E-state index in [1.165, 1.54) is 33.2 Å². The van der Waals surface area contributed by atoms with Gasteiger partial charge in [0, 0.05) is 36.3 Å². The van der Waals surface area contributed by atoms with Crippen molar-refractivity contribution in [3.8, 4) is 11.1 Å². The highest BCUT2D eigenvalue weighted by Crippen LogP contribution is 2.36. The molecule has 1 unspecified atom stereocenters. The van der Waals surface area contributed by atoms with Gasteiger partial charge in [-0.3, -0.25) is 0 Å². The highest BCUT2D eigenvalue weighted by Gasteiger charge is 2.25. The summed E-state index contributed by atoms with van der Waals surface area (Å²) >= 11 is 0. The van der Waals surface area contributed by atoms with Gasteiger partial charge in [0.25, 0.3) is 0 Å². The van der Waals surface area contributed by atoms with Gasteiger partial charge in [-0.05, 0) is 65.0 Å². The zero-order valence-corrected chi connectivity index (χ0v) is 14.7. The Balaban J connectivity index is 1.59. The summed E-state index contributed by atoms with van der Waals surface area (Å²) in [6.07, 6.45) is 5.58. The molecule has 0 saturated carbocycles. The molecule has 4 heteroatoms. The van der Waals surface area contributed by atoms with Gasteiger partial charge in [0.15, 0.2) is 0 Å². The molecule has 2 aromatic heterocycles. The maximum absolute atomic E-state index is 4.01. The van der Waals surface area contributed by atoms with Crippen LogP contribution in [0.15, 0.2) is 67.1 Å². The Kier molecular flexibility index (Phi) is 3.57. The number of rotatable bonds is 2. The first kappa shape index (κ1) is 15.3. The van der Waals surface area contributed by atoms with Crippen molar-refractivity contribution in [2.75, 3.05) is 13.6 Å². The lowest BCUT2D eigenvalue weighted by Crippen LogP contribution is -2.31. The van der Waals surface area contributed by atoms with Crippen LogP contribution in [0, 0.1) is 0 Å². The van der Waals surface area contributed by atoms with Crippen molar-refractivity contribution in [2.24, 2.45) is 0 Å². The van der Waals surface area contributed by atoms with Gasteiger partial charge in [0.05, 0.1) is 12.4 Å². The van der Waals surface area contributed by atoms with E-state index in [9.17, 15) is 0 Å². The van der Waals surface area contributed by atoms with Crippen LogP contribution in [0.3, 0.4) is 0 Å². The number of H-pyrrole nitrogens is 1. The second kappa shape index (κ2) is 6.07. The van der Waals surface area contributed by atoms with Crippen LogP contribution in [0.5, 0.6) is 0 Å². The molecular formula is C22H20N4. The molecule has 0 radical (unpaired) electrons. The quantitative estimate of drug-likeness (QED) is 0.595. The van der Waals surface area contributed by atoms with E-state index in [4.69, 9.17) is 0 Å². The molecule has 0 spiro atoms. The highest BCUT2D eigenvalue weighted by atomic mass is 15.1. The summed E-state index contributed by atoms with van der Waals surface area (Å²) in [5, 5.41) is 9.17. The van der Waals surface area contributed by atoms with Gasteiger partial charge in [-0.25, -0.2) is 0 Å². The summed E-state index contributed by atoms with van der Waals surface area (Å²) < 4.78 is 0. The molecule has 0 amide bonds. The van der Waals surface area contributed by atoms with E-state index in [0.717, 1.165) is 18.7 Å². The second-order valence-electron chi connectivity index (χ2n) is 7.12. The maximum Gasteiger partial charge on any atom is 0.0574 e. The number of likely N-dealkylation sites (N-methyl/N-ethyl adjacent to an activating group) is 1. The fourth-order valence-electron chi connectivity index (χ4n) is 4.06. The number of hydrogen-bond acceptors (Lipinski definition) is 3. The summed E-state index contributed by atoms with van der Waals surface area (Å²) in [6, 6.07) is 17.7. The summed E-state index contributed by atoms with van der Waals surface area (Å²) in [4.78, 5) is 5.69. The smallest absolute Gasteiger partial charge is 0.0574 e. The van der Waals surface area contributed by atoms with Crippen molar-refractivity contribution < 1.29 is 0 Å². The normalized spacial score (nSPS) is 17.3. The summed E-state index contributed by atoms with van der Waals surface area (Å²) in [7, 11) is 2.20. The molecule has 0 bridgehead atoms. The molecular weight excluding hydrogens is 320 g/mol. The van der Waals surface area contributed by atoms with E-state index in [1.807, 2.05) is 18.5 Å². The molecule has 26 heavy (non-hydrogen) atoms. The number of nitrogens with zero attached hydrogens (tertiary/aromatic N) is 3. The van der Waals surface area contributed by atoms with Crippen LogP contribution in [0.4, 0.5) is 0 Å². The minimum absolute atomic E-state index is 0.396. The average molecular weight is 340 g/mol. The third-order valence-electron chi connectivity index (χ3n) is 5.35. The minimum atomic E-state index is 0.396. The molecule has 0 saturated heterocycles. The molecule has 128 valence electrons. The Hall–Kier alpha value is -2.98. The summed E-state index contributed by atoms with van der Waals surface area (Å²) in [5.74, 6) is 0.396. The lowest BCUT2D eigenvalue weighted by molar-refractivity contribution is 0.295. The Bertz CT molecular complexity index is 1070. The standard InChI is InChI=1S/C22H20N4/c1-26-13-19-10-15(18-7-9-24-25-12-18)2-4-20(19)21(14-26)16-3-5-22-17(11-16)6-8-23-22/h2-12,21,23H,13-14H2,1H3. The van der Waals surface area contributed by atoms with E-state index in [1.54, 1.807) is 6.20 Å². The zero-order chi connectivity index (χ0) is 17.5. The fraction of sp³-hybridized carbons (Fsp3) is 0.182. The zero-order valence-electron chi connectivity index (χ0n) is 14.7. The Morgan fingerprint density at radius 2 is 1.96 bits per heavy atom. The molecule has 0 aliphatic carbocycles. The molecule has 3 heterocycles. The Morgan fingerprint density at radius 3 is 2.85 bits per heavy atom. The molecule has 2 aromatic carbocycles. The van der Waals surface area contributed by atoms with Crippen molar-refractivity contribution >= 4 is 10.9 Å². The number of fused-ring (bicyclic) bond motifs is 2. The second-order valence-corrected chi connectivity index (χ2v) is 7.12. The van der Waals surface area contributed by atoms with Crippen molar-refractivity contribution in [1.29, 1.82) is 0 Å². The molecule has 4 nitrogen and oxygen atoms in total. The van der Waals surface area contributed by atoms with Gasteiger partial charge in [-0.15, -0.1) is 0 Å². The van der Waals surface area contributed by atoms with Gasteiger partial charge < -0.3 is 9.88 Å². The summed E-state index contributed by atoms with van der Waals surface area (Å²) in [5.41, 5.74) is 7.72. The molecule has 4 aromatic rings. The third-order valence-corrected chi connectivity index (χ3v) is 5.35. The summed E-state index contributed by atoms with van der Waals surface area (Å²) in [6.45, 7) is 2.02. The van der Waals surface area contributed by atoms with Crippen LogP contribution in [-0.2, 0) is 6.54 Å². The van der Waals surface area contributed by atoms with Crippen LogP contribution in [0.2, 0.25) is 0 Å². The first-order chi connectivity index (χ1) is 12.8. The average Bonchev–Trinajstić information content (AvgIpc) is 3.15. The highest BCUT2D eigenvalue weighted by molar-refractivity contribution is 5.80. The van der Waals surface area contributed by atoms with Crippen molar-refractivity contribution in [3.05, 3.63) is 83.8 Å². The van der Waals surface area contributed by atoms with Crippen molar-refractivity contribution in [2.45, 2.75) is 12.5 Å². The van der Waals surface area contributed by atoms with Gasteiger partial charge in [-0.1, -0.05) is 18.2 Å². The topological polar surface area (TPSA) is 44.8 Å². The Labute approximate surface area is 152 Å². The van der Waals surface area contributed by atoms with Crippen LogP contribution < -0.4 is 0 Å². The van der Waals surface area contributed by atoms with E-state index in [2.05, 4.69) is 69.6 Å². The van der Waals surface area contributed by atoms with Crippen LogP contribution in [0.1, 0.15) is 22.6 Å². The number of benzene rings is 2. The SMILES string of the molecule is CN1Cc2cc(-c3ccnnc3)ccc2C(c2ccc3[nH]ccc3c2)C1. The first-order valence-corrected chi connectivity index (χ1v) is 8.93. The molecule has 0 fully saturated rings. The molecule has 1 aliphatic rings. The van der Waals surface area contributed by atoms with Crippen molar-refractivity contribution in [1.82, 2.24) is 20.1 Å². The van der Waals surface area contributed by atoms with Gasteiger partial charge in [0.2, 0.25) is 0 Å². The number of hydrogen-bond donors (Lipinski definition) is 1. The molecule has 1 N–H and O–H groups in total.